The zero-order valence-corrected chi connectivity index (χ0v) is 18.2. The van der Waals surface area contributed by atoms with Gasteiger partial charge in [-0.2, -0.15) is 0 Å². The van der Waals surface area contributed by atoms with Crippen molar-refractivity contribution < 1.29 is 9.21 Å². The third-order valence-electron chi connectivity index (χ3n) is 4.35. The Hall–Kier alpha value is -2.15. The van der Waals surface area contributed by atoms with Gasteiger partial charge in [0.25, 0.3) is 5.91 Å². The Morgan fingerprint density at radius 2 is 1.93 bits per heavy atom. The molecule has 4 rings (SSSR count). The van der Waals surface area contributed by atoms with Gasteiger partial charge in [-0.25, -0.2) is 0 Å². The average molecular weight is 470 g/mol. The molecule has 1 amide bonds. The van der Waals surface area contributed by atoms with E-state index in [9.17, 15) is 4.79 Å². The Labute approximate surface area is 181 Å². The smallest absolute Gasteiger partial charge is 0.266 e. The maximum atomic E-state index is 12.8. The van der Waals surface area contributed by atoms with Gasteiger partial charge in [0.2, 0.25) is 0 Å². The lowest BCUT2D eigenvalue weighted by molar-refractivity contribution is -0.122. The summed E-state index contributed by atoms with van der Waals surface area (Å²) in [6.07, 6.45) is 1.76. The lowest BCUT2D eigenvalue weighted by atomic mass is 10.1. The van der Waals surface area contributed by atoms with Crippen molar-refractivity contribution in [2.75, 3.05) is 0 Å². The highest BCUT2D eigenvalue weighted by molar-refractivity contribution is 9.10. The van der Waals surface area contributed by atoms with Crippen LogP contribution in [0.2, 0.25) is 0 Å². The molecule has 0 aliphatic carbocycles. The Morgan fingerprint density at radius 3 is 2.68 bits per heavy atom. The highest BCUT2D eigenvalue weighted by Gasteiger charge is 2.32. The van der Waals surface area contributed by atoms with Gasteiger partial charge in [-0.05, 0) is 42.3 Å². The number of thioether (sulfide) groups is 1. The molecule has 140 valence electrons. The quantitative estimate of drug-likeness (QED) is 0.326. The number of thiocarbonyl (C=S) groups is 1. The van der Waals surface area contributed by atoms with Crippen LogP contribution in [0.25, 0.3) is 17.4 Å². The second-order valence-corrected chi connectivity index (χ2v) is 8.97. The minimum atomic E-state index is -0.0895. The number of rotatable bonds is 4. The summed E-state index contributed by atoms with van der Waals surface area (Å²) in [5.41, 5.74) is 3.19. The monoisotopic (exact) mass is 469 g/mol. The number of furan rings is 1. The second kappa shape index (κ2) is 8.07. The number of hydrogen-bond acceptors (Lipinski definition) is 4. The predicted molar refractivity (Wildman–Crippen MR) is 122 cm³/mol. The molecule has 0 N–H and O–H groups in total. The number of carbonyl (C=O) groups is 1. The van der Waals surface area contributed by atoms with E-state index in [1.54, 1.807) is 11.0 Å². The molecule has 1 fully saturated rings. The number of benzene rings is 2. The summed E-state index contributed by atoms with van der Waals surface area (Å²) in [6.45, 7) is 2.52. The van der Waals surface area contributed by atoms with Crippen molar-refractivity contribution in [1.29, 1.82) is 0 Å². The van der Waals surface area contributed by atoms with Crippen LogP contribution in [0, 0.1) is 6.92 Å². The fraction of sp³-hybridized carbons (Fsp3) is 0.0909. The largest absolute Gasteiger partial charge is 0.457 e. The van der Waals surface area contributed by atoms with Gasteiger partial charge in [-0.15, -0.1) is 0 Å². The minimum Gasteiger partial charge on any atom is -0.457 e. The van der Waals surface area contributed by atoms with Gasteiger partial charge in [0.1, 0.15) is 15.8 Å². The third-order valence-corrected chi connectivity index (χ3v) is 6.38. The van der Waals surface area contributed by atoms with Gasteiger partial charge in [0, 0.05) is 16.1 Å². The Morgan fingerprint density at radius 1 is 1.14 bits per heavy atom. The number of nitrogens with zero attached hydrogens (tertiary/aromatic N) is 1. The van der Waals surface area contributed by atoms with E-state index in [0.29, 0.717) is 21.5 Å². The summed E-state index contributed by atoms with van der Waals surface area (Å²) in [5, 5.41) is 0. The molecule has 1 aliphatic rings. The van der Waals surface area contributed by atoms with Crippen molar-refractivity contribution in [2.24, 2.45) is 0 Å². The van der Waals surface area contributed by atoms with Crippen molar-refractivity contribution >= 4 is 56.2 Å². The van der Waals surface area contributed by atoms with Crippen LogP contribution in [0.5, 0.6) is 0 Å². The topological polar surface area (TPSA) is 33.5 Å². The molecular weight excluding hydrogens is 454 g/mol. The minimum absolute atomic E-state index is 0.0895. The van der Waals surface area contributed by atoms with E-state index in [2.05, 4.69) is 15.9 Å². The first kappa shape index (κ1) is 19.2. The van der Waals surface area contributed by atoms with Gasteiger partial charge in [0.15, 0.2) is 0 Å². The van der Waals surface area contributed by atoms with Crippen LogP contribution >= 0.6 is 39.9 Å². The van der Waals surface area contributed by atoms with Gasteiger partial charge >= 0.3 is 0 Å². The standard InChI is InChI=1S/C22H16BrNO2S2/c1-14-7-9-17(18(23)11-14)19-10-8-16(26-19)12-20-21(25)24(22(27)28-20)13-15-5-3-2-4-6-15/h2-12H,13H2,1H3. The molecule has 2 heterocycles. The summed E-state index contributed by atoms with van der Waals surface area (Å²) in [7, 11) is 0. The Balaban J connectivity index is 1.56. The molecule has 1 aromatic heterocycles. The molecule has 1 saturated heterocycles. The molecule has 0 spiro atoms. The SMILES string of the molecule is Cc1ccc(-c2ccc(C=C3SC(=S)N(Cc4ccccc4)C3=O)o2)c(Br)c1. The number of carbonyl (C=O) groups excluding carboxylic acids is 1. The molecule has 1 aliphatic heterocycles. The van der Waals surface area contributed by atoms with Crippen LogP contribution in [0.1, 0.15) is 16.9 Å². The highest BCUT2D eigenvalue weighted by Crippen LogP contribution is 2.35. The van der Waals surface area contributed by atoms with E-state index >= 15 is 0 Å². The van der Waals surface area contributed by atoms with E-state index in [0.717, 1.165) is 21.4 Å². The third kappa shape index (κ3) is 3.99. The lowest BCUT2D eigenvalue weighted by Crippen LogP contribution is -2.27. The Bertz CT molecular complexity index is 1090. The van der Waals surface area contributed by atoms with E-state index in [4.69, 9.17) is 16.6 Å². The van der Waals surface area contributed by atoms with E-state index in [1.807, 2.05) is 67.6 Å². The van der Waals surface area contributed by atoms with Crippen LogP contribution in [0.4, 0.5) is 0 Å². The van der Waals surface area contributed by atoms with Crippen LogP contribution in [0.15, 0.2) is 74.5 Å². The number of hydrogen-bond donors (Lipinski definition) is 0. The summed E-state index contributed by atoms with van der Waals surface area (Å²) in [6, 6.07) is 19.7. The fourth-order valence-electron chi connectivity index (χ4n) is 2.93. The van der Waals surface area contributed by atoms with Crippen LogP contribution in [-0.4, -0.2) is 15.1 Å². The van der Waals surface area contributed by atoms with Gasteiger partial charge in [-0.3, -0.25) is 9.69 Å². The predicted octanol–water partition coefficient (Wildman–Crippen LogP) is 6.42. The van der Waals surface area contributed by atoms with Gasteiger partial charge in [-0.1, -0.05) is 76.3 Å². The molecule has 3 nitrogen and oxygen atoms in total. The Kier molecular flexibility index (Phi) is 5.53. The summed E-state index contributed by atoms with van der Waals surface area (Å²) < 4.78 is 7.49. The summed E-state index contributed by atoms with van der Waals surface area (Å²) in [4.78, 5) is 15.0. The normalized spacial score (nSPS) is 15.6. The van der Waals surface area contributed by atoms with Crippen molar-refractivity contribution in [1.82, 2.24) is 4.90 Å². The zero-order chi connectivity index (χ0) is 19.7. The van der Waals surface area contributed by atoms with Crippen LogP contribution < -0.4 is 0 Å². The summed E-state index contributed by atoms with van der Waals surface area (Å²) >= 11 is 10.3. The maximum Gasteiger partial charge on any atom is 0.266 e. The molecule has 0 unspecified atom stereocenters. The molecule has 0 bridgehead atoms. The second-order valence-electron chi connectivity index (χ2n) is 6.44. The van der Waals surface area contributed by atoms with Crippen LogP contribution in [0.3, 0.4) is 0 Å². The number of amides is 1. The molecular formula is C22H16BrNO2S2. The van der Waals surface area contributed by atoms with E-state index < -0.39 is 0 Å². The molecule has 2 aromatic carbocycles. The fourth-order valence-corrected chi connectivity index (χ4v) is 4.85. The van der Waals surface area contributed by atoms with Gasteiger partial charge < -0.3 is 4.42 Å². The molecule has 0 atom stereocenters. The molecule has 3 aromatic rings. The first-order valence-electron chi connectivity index (χ1n) is 8.67. The van der Waals surface area contributed by atoms with Crippen molar-refractivity contribution in [2.45, 2.75) is 13.5 Å². The average Bonchev–Trinajstić information content (AvgIpc) is 3.23. The number of halogens is 1. The van der Waals surface area contributed by atoms with Crippen molar-refractivity contribution in [3.63, 3.8) is 0 Å². The van der Waals surface area contributed by atoms with Gasteiger partial charge in [0.05, 0.1) is 11.4 Å². The summed E-state index contributed by atoms with van der Waals surface area (Å²) in [5.74, 6) is 1.29. The zero-order valence-electron chi connectivity index (χ0n) is 15.0. The maximum absolute atomic E-state index is 12.8. The van der Waals surface area contributed by atoms with Crippen molar-refractivity contribution in [3.8, 4) is 11.3 Å². The molecule has 28 heavy (non-hydrogen) atoms. The first-order chi connectivity index (χ1) is 13.5. The molecule has 0 radical (unpaired) electrons. The van der Waals surface area contributed by atoms with Crippen molar-refractivity contribution in [3.05, 3.63) is 86.9 Å². The number of aryl methyl sites for hydroxylation is 1. The van der Waals surface area contributed by atoms with Crippen LogP contribution in [-0.2, 0) is 11.3 Å². The molecule has 0 saturated carbocycles. The van der Waals surface area contributed by atoms with E-state index in [1.165, 1.54) is 17.3 Å². The van der Waals surface area contributed by atoms with E-state index in [-0.39, 0.29) is 5.91 Å². The highest BCUT2D eigenvalue weighted by atomic mass is 79.9. The lowest BCUT2D eigenvalue weighted by Gasteiger charge is -2.14. The molecule has 6 heteroatoms. The first-order valence-corrected chi connectivity index (χ1v) is 10.7.